The van der Waals surface area contributed by atoms with E-state index in [4.69, 9.17) is 0 Å². The predicted octanol–water partition coefficient (Wildman–Crippen LogP) is 11.2. The summed E-state index contributed by atoms with van der Waals surface area (Å²) in [4.78, 5) is 5.23. The number of hydrogen-bond donors (Lipinski definition) is 0. The maximum atomic E-state index is 14.3. The number of hydrogen-bond acceptors (Lipinski definition) is 2. The summed E-state index contributed by atoms with van der Waals surface area (Å²) in [5, 5.41) is 6.59. The molecule has 0 spiro atoms. The number of rotatable bonds is 2. The number of fused-ring (bicyclic) bond motifs is 8. The first-order chi connectivity index (χ1) is 19.2. The fourth-order valence-corrected chi connectivity index (χ4v) is 8.03. The Morgan fingerprint density at radius 1 is 0.359 bits per heavy atom. The molecule has 1 aliphatic rings. The lowest BCUT2D eigenvalue weighted by molar-refractivity contribution is 0.630. The van der Waals surface area contributed by atoms with Crippen LogP contribution in [0.4, 0.5) is 4.39 Å². The average molecular weight is 537 g/mol. The van der Waals surface area contributed by atoms with E-state index in [0.29, 0.717) is 0 Å². The van der Waals surface area contributed by atoms with Crippen LogP contribution in [0.1, 0.15) is 0 Å². The van der Waals surface area contributed by atoms with Gasteiger partial charge in [-0.2, -0.15) is 0 Å². The molecule has 7 aromatic rings. The highest BCUT2D eigenvalue weighted by Gasteiger charge is 2.18. The Hall–Kier alpha value is -4.05. The van der Waals surface area contributed by atoms with E-state index in [9.17, 15) is 4.39 Å². The van der Waals surface area contributed by atoms with Gasteiger partial charge in [0.15, 0.2) is 0 Å². The van der Waals surface area contributed by atoms with Crippen molar-refractivity contribution in [2.75, 3.05) is 0 Å². The molecule has 7 aromatic carbocycles. The van der Waals surface area contributed by atoms with E-state index in [0.717, 1.165) is 32.5 Å². The van der Waals surface area contributed by atoms with E-state index >= 15 is 0 Å². The second kappa shape index (κ2) is 9.01. The maximum absolute atomic E-state index is 14.3. The van der Waals surface area contributed by atoms with Gasteiger partial charge in [-0.1, -0.05) is 108 Å². The van der Waals surface area contributed by atoms with Crippen molar-refractivity contribution in [2.45, 2.75) is 19.6 Å². The summed E-state index contributed by atoms with van der Waals surface area (Å²) in [6, 6.07) is 44.3. The smallest absolute Gasteiger partial charge is 0.123 e. The molecule has 3 heteroatoms. The molecule has 1 aliphatic heterocycles. The minimum Gasteiger partial charge on any atom is -0.207 e. The maximum Gasteiger partial charge on any atom is 0.123 e. The molecule has 1 heterocycles. The Morgan fingerprint density at radius 2 is 0.846 bits per heavy atom. The van der Waals surface area contributed by atoms with Crippen LogP contribution in [0.15, 0.2) is 147 Å². The summed E-state index contributed by atoms with van der Waals surface area (Å²) in [6.45, 7) is 0. The van der Waals surface area contributed by atoms with Crippen LogP contribution in [0.5, 0.6) is 0 Å². The predicted molar refractivity (Wildman–Crippen MR) is 164 cm³/mol. The molecule has 0 saturated heterocycles. The third-order valence-electron chi connectivity index (χ3n) is 7.58. The van der Waals surface area contributed by atoms with Crippen LogP contribution >= 0.6 is 23.5 Å². The molecule has 0 saturated carbocycles. The van der Waals surface area contributed by atoms with Crippen LogP contribution in [-0.4, -0.2) is 0 Å². The van der Waals surface area contributed by atoms with Gasteiger partial charge < -0.3 is 0 Å². The molecule has 0 N–H and O–H groups in total. The molecule has 39 heavy (non-hydrogen) atoms. The first-order valence-electron chi connectivity index (χ1n) is 13.0. The zero-order valence-electron chi connectivity index (χ0n) is 20.8. The fraction of sp³-hybridized carbons (Fsp3) is 0. The van der Waals surface area contributed by atoms with Gasteiger partial charge in [-0.25, -0.2) is 4.39 Å². The van der Waals surface area contributed by atoms with Crippen molar-refractivity contribution in [3.63, 3.8) is 0 Å². The van der Waals surface area contributed by atoms with Crippen molar-refractivity contribution in [1.82, 2.24) is 0 Å². The van der Waals surface area contributed by atoms with Gasteiger partial charge >= 0.3 is 0 Å². The number of benzene rings is 7. The molecule has 0 radical (unpaired) electrons. The van der Waals surface area contributed by atoms with Crippen molar-refractivity contribution < 1.29 is 4.39 Å². The van der Waals surface area contributed by atoms with E-state index in [1.807, 2.05) is 29.6 Å². The Morgan fingerprint density at radius 3 is 1.62 bits per heavy atom. The fourth-order valence-electron chi connectivity index (χ4n) is 5.78. The molecule has 8 rings (SSSR count). The SMILES string of the molecule is Fc1ccc2c3ccccc3c3cc(-c4ccccc4-c4ccc5c(c4)Sc4ccccc4S5)ccc3c2c1. The second-order valence-corrected chi connectivity index (χ2v) is 12.0. The normalized spacial score (nSPS) is 12.5. The Bertz CT molecular complexity index is 2090. The van der Waals surface area contributed by atoms with Crippen LogP contribution in [0.3, 0.4) is 0 Å². The Balaban J connectivity index is 1.31. The summed E-state index contributed by atoms with van der Waals surface area (Å²) in [6.07, 6.45) is 0. The zero-order valence-corrected chi connectivity index (χ0v) is 22.5. The van der Waals surface area contributed by atoms with E-state index in [2.05, 4.69) is 109 Å². The van der Waals surface area contributed by atoms with Crippen molar-refractivity contribution in [1.29, 1.82) is 0 Å². The van der Waals surface area contributed by atoms with Gasteiger partial charge in [-0.3, -0.25) is 0 Å². The minimum absolute atomic E-state index is 0.209. The molecule has 0 atom stereocenters. The quantitative estimate of drug-likeness (QED) is 0.202. The van der Waals surface area contributed by atoms with Crippen molar-refractivity contribution >= 4 is 55.8 Å². The molecule has 184 valence electrons. The summed E-state index contributed by atoms with van der Waals surface area (Å²) in [7, 11) is 0. The molecule has 0 amide bonds. The van der Waals surface area contributed by atoms with E-state index in [1.54, 1.807) is 12.1 Å². The standard InChI is InChI=1S/C36H21FS2/c37-24-15-17-29-27-9-3-4-10-28(27)31-19-22(13-16-30(31)32(29)21-24)25-7-1-2-8-26(25)23-14-18-35-36(20-23)39-34-12-6-5-11-33(34)38-35/h1-21H. The lowest BCUT2D eigenvalue weighted by Gasteiger charge is -2.19. The van der Waals surface area contributed by atoms with Crippen molar-refractivity contribution in [2.24, 2.45) is 0 Å². The van der Waals surface area contributed by atoms with Gasteiger partial charge in [-0.15, -0.1) is 0 Å². The highest BCUT2D eigenvalue weighted by molar-refractivity contribution is 8.05. The van der Waals surface area contributed by atoms with Gasteiger partial charge in [0.05, 0.1) is 0 Å². The van der Waals surface area contributed by atoms with Crippen LogP contribution in [0.2, 0.25) is 0 Å². The van der Waals surface area contributed by atoms with Gasteiger partial charge in [0.2, 0.25) is 0 Å². The van der Waals surface area contributed by atoms with Crippen LogP contribution in [0.25, 0.3) is 54.6 Å². The van der Waals surface area contributed by atoms with Crippen LogP contribution in [-0.2, 0) is 0 Å². The van der Waals surface area contributed by atoms with Crippen LogP contribution in [0, 0.1) is 5.82 Å². The molecule has 0 bridgehead atoms. The van der Waals surface area contributed by atoms with Gasteiger partial charge in [0.1, 0.15) is 5.82 Å². The summed E-state index contributed by atoms with van der Waals surface area (Å²) >= 11 is 3.69. The van der Waals surface area contributed by atoms with E-state index < -0.39 is 0 Å². The lowest BCUT2D eigenvalue weighted by atomic mass is 9.90. The summed E-state index contributed by atoms with van der Waals surface area (Å²) in [5.41, 5.74) is 4.77. The molecule has 0 aromatic heterocycles. The Kier molecular flexibility index (Phi) is 5.29. The third kappa shape index (κ3) is 3.76. The first-order valence-corrected chi connectivity index (χ1v) is 14.6. The molecular weight excluding hydrogens is 516 g/mol. The van der Waals surface area contributed by atoms with Crippen molar-refractivity contribution in [3.8, 4) is 22.3 Å². The average Bonchev–Trinajstić information content (AvgIpc) is 2.99. The first kappa shape index (κ1) is 22.9. The van der Waals surface area contributed by atoms with E-state index in [-0.39, 0.29) is 5.82 Å². The highest BCUT2D eigenvalue weighted by Crippen LogP contribution is 2.49. The highest BCUT2D eigenvalue weighted by atomic mass is 32.2. The van der Waals surface area contributed by atoms with E-state index in [1.165, 1.54) is 41.7 Å². The summed E-state index contributed by atoms with van der Waals surface area (Å²) in [5.74, 6) is -0.209. The molecule has 0 aliphatic carbocycles. The second-order valence-electron chi connectivity index (χ2n) is 9.85. The summed E-state index contributed by atoms with van der Waals surface area (Å²) < 4.78 is 14.3. The molecule has 0 nitrogen and oxygen atoms in total. The zero-order chi connectivity index (χ0) is 25.9. The minimum atomic E-state index is -0.209. The molecule has 0 unspecified atom stereocenters. The third-order valence-corrected chi connectivity index (χ3v) is 10.1. The Labute approximate surface area is 234 Å². The van der Waals surface area contributed by atoms with Crippen molar-refractivity contribution in [3.05, 3.63) is 133 Å². The topological polar surface area (TPSA) is 0 Å². The van der Waals surface area contributed by atoms with Gasteiger partial charge in [0.25, 0.3) is 0 Å². The molecule has 0 fully saturated rings. The monoisotopic (exact) mass is 536 g/mol. The van der Waals surface area contributed by atoms with Gasteiger partial charge in [-0.05, 0) is 97.0 Å². The largest absolute Gasteiger partial charge is 0.207 e. The lowest BCUT2D eigenvalue weighted by Crippen LogP contribution is -1.91. The van der Waals surface area contributed by atoms with Crippen LogP contribution < -0.4 is 0 Å². The number of halogens is 1. The molecular formula is C36H21FS2. The van der Waals surface area contributed by atoms with Gasteiger partial charge in [0, 0.05) is 19.6 Å².